The summed E-state index contributed by atoms with van der Waals surface area (Å²) < 4.78 is 5.42. The highest BCUT2D eigenvalue weighted by atomic mass is 32.2. The summed E-state index contributed by atoms with van der Waals surface area (Å²) in [5.74, 6) is 0.600. The summed E-state index contributed by atoms with van der Waals surface area (Å²) in [5.41, 5.74) is 0.706. The van der Waals surface area contributed by atoms with Gasteiger partial charge >= 0.3 is 0 Å². The molecule has 2 rings (SSSR count). The van der Waals surface area contributed by atoms with E-state index in [0.717, 1.165) is 0 Å². The van der Waals surface area contributed by atoms with E-state index >= 15 is 0 Å². The first-order chi connectivity index (χ1) is 8.61. The number of phenols is 1. The van der Waals surface area contributed by atoms with Crippen LogP contribution < -0.4 is 4.74 Å². The predicted octanol–water partition coefficient (Wildman–Crippen LogP) is 1.59. The molecule has 0 unspecified atom stereocenters. The predicted molar refractivity (Wildman–Crippen MR) is 74.2 cm³/mol. The quantitative estimate of drug-likeness (QED) is 0.674. The fourth-order valence-corrected chi connectivity index (χ4v) is 2.32. The van der Waals surface area contributed by atoms with E-state index in [1.807, 2.05) is 0 Å². The van der Waals surface area contributed by atoms with E-state index in [-0.39, 0.29) is 11.7 Å². The fraction of sp³-hybridized carbons (Fsp3) is 0.182. The average Bonchev–Trinajstić information content (AvgIpc) is 2.68. The number of rotatable bonds is 3. The van der Waals surface area contributed by atoms with Gasteiger partial charge < -0.3 is 9.84 Å². The Morgan fingerprint density at radius 1 is 1.61 bits per heavy atom. The number of phenolic OH excluding ortho intramolecular Hbond substituents is 1. The molecule has 1 N–H and O–H groups in total. The molecule has 1 amide bonds. The van der Waals surface area contributed by atoms with Crippen molar-refractivity contribution in [3.8, 4) is 11.5 Å². The lowest BCUT2D eigenvalue weighted by Crippen LogP contribution is -2.22. The Hall–Kier alpha value is -1.60. The van der Waals surface area contributed by atoms with E-state index < -0.39 is 0 Å². The number of carbonyl (C=O) groups excluding carboxylic acids is 1. The first-order valence-electron chi connectivity index (χ1n) is 5.02. The third kappa shape index (κ3) is 2.62. The maximum Gasteiger partial charge on any atom is 0.259 e. The molecule has 1 saturated heterocycles. The number of amides is 1. The van der Waals surface area contributed by atoms with Crippen LogP contribution in [0.3, 0.4) is 0 Å². The molecule has 94 valence electrons. The second-order valence-electron chi connectivity index (χ2n) is 3.44. The lowest BCUT2D eigenvalue weighted by atomic mass is 10.2. The zero-order valence-electron chi connectivity index (χ0n) is 9.49. The minimum atomic E-state index is -0.132. The van der Waals surface area contributed by atoms with Gasteiger partial charge in [0.05, 0.1) is 19.1 Å². The van der Waals surface area contributed by atoms with Crippen LogP contribution >= 0.6 is 24.0 Å². The van der Waals surface area contributed by atoms with Crippen LogP contribution in [0.15, 0.2) is 23.3 Å². The Morgan fingerprint density at radius 2 is 2.39 bits per heavy atom. The molecule has 0 aliphatic carbocycles. The first kappa shape index (κ1) is 12.8. The molecule has 0 spiro atoms. The van der Waals surface area contributed by atoms with E-state index in [1.165, 1.54) is 36.2 Å². The summed E-state index contributed by atoms with van der Waals surface area (Å²) in [6, 6.07) is 4.78. The van der Waals surface area contributed by atoms with Gasteiger partial charge in [0.2, 0.25) is 0 Å². The minimum Gasteiger partial charge on any atom is -0.504 e. The highest BCUT2D eigenvalue weighted by Gasteiger charge is 2.25. The highest BCUT2D eigenvalue weighted by molar-refractivity contribution is 8.23. The third-order valence-corrected chi connectivity index (χ3v) is 3.59. The number of benzene rings is 1. The molecule has 1 heterocycles. The van der Waals surface area contributed by atoms with E-state index in [9.17, 15) is 9.90 Å². The normalized spacial score (nSPS) is 15.7. The summed E-state index contributed by atoms with van der Waals surface area (Å²) in [4.78, 5) is 11.4. The van der Waals surface area contributed by atoms with E-state index in [2.05, 4.69) is 5.10 Å². The molecule has 7 heteroatoms. The molecule has 0 radical (unpaired) electrons. The van der Waals surface area contributed by atoms with Crippen molar-refractivity contribution in [1.82, 2.24) is 5.01 Å². The van der Waals surface area contributed by atoms with Crippen molar-refractivity contribution in [3.63, 3.8) is 0 Å². The minimum absolute atomic E-state index is 0.0537. The number of carbonyl (C=O) groups is 1. The maximum atomic E-state index is 11.4. The van der Waals surface area contributed by atoms with E-state index in [0.29, 0.717) is 21.4 Å². The van der Waals surface area contributed by atoms with Crippen molar-refractivity contribution >= 4 is 40.4 Å². The zero-order chi connectivity index (χ0) is 13.1. The molecule has 0 aromatic heterocycles. The van der Waals surface area contributed by atoms with Gasteiger partial charge in [0, 0.05) is 0 Å². The number of nitrogens with zero attached hydrogens (tertiary/aromatic N) is 2. The molecule has 18 heavy (non-hydrogen) atoms. The number of ether oxygens (including phenoxy) is 1. The topological polar surface area (TPSA) is 62.1 Å². The van der Waals surface area contributed by atoms with Gasteiger partial charge in [0.15, 0.2) is 15.8 Å². The number of thiocarbonyl (C=S) groups is 1. The molecule has 0 bridgehead atoms. The number of hydrogen-bond acceptors (Lipinski definition) is 6. The van der Waals surface area contributed by atoms with Crippen molar-refractivity contribution in [2.75, 3.05) is 12.9 Å². The Balaban J connectivity index is 2.18. The Morgan fingerprint density at radius 3 is 3.00 bits per heavy atom. The smallest absolute Gasteiger partial charge is 0.259 e. The highest BCUT2D eigenvalue weighted by Crippen LogP contribution is 2.26. The van der Waals surface area contributed by atoms with Gasteiger partial charge in [-0.3, -0.25) is 4.79 Å². The second-order valence-corrected chi connectivity index (χ2v) is 5.05. The van der Waals surface area contributed by atoms with Crippen molar-refractivity contribution in [2.24, 2.45) is 5.10 Å². The number of methoxy groups -OCH3 is 1. The van der Waals surface area contributed by atoms with Gasteiger partial charge in [-0.25, -0.2) is 0 Å². The summed E-state index contributed by atoms with van der Waals surface area (Å²) in [6.45, 7) is 0. The third-order valence-electron chi connectivity index (χ3n) is 2.25. The van der Waals surface area contributed by atoms with Crippen molar-refractivity contribution in [1.29, 1.82) is 0 Å². The zero-order valence-corrected chi connectivity index (χ0v) is 11.1. The van der Waals surface area contributed by atoms with E-state index in [4.69, 9.17) is 17.0 Å². The standard InChI is InChI=1S/C11H10N2O3S2/c1-16-9-4-7(2-3-8(9)14)5-12-13-10(15)6-18-11(13)17/h2-5,14H,6H2,1H3/b12-5+. The molecule has 1 aromatic rings. The van der Waals surface area contributed by atoms with Gasteiger partial charge in [-0.1, -0.05) is 24.0 Å². The monoisotopic (exact) mass is 282 g/mol. The van der Waals surface area contributed by atoms with Crippen LogP contribution in [-0.4, -0.2) is 39.4 Å². The molecular formula is C11H10N2O3S2. The van der Waals surface area contributed by atoms with Crippen LogP contribution in [0.2, 0.25) is 0 Å². The Bertz CT molecular complexity index is 515. The van der Waals surface area contributed by atoms with Gasteiger partial charge in [-0.2, -0.15) is 10.1 Å². The fourth-order valence-electron chi connectivity index (χ4n) is 1.36. The SMILES string of the molecule is COc1cc(/C=N/N2C(=O)CSC2=S)ccc1O. The maximum absolute atomic E-state index is 11.4. The number of aromatic hydroxyl groups is 1. The van der Waals surface area contributed by atoms with Crippen LogP contribution in [0, 0.1) is 0 Å². The van der Waals surface area contributed by atoms with Crippen molar-refractivity contribution in [3.05, 3.63) is 23.8 Å². The van der Waals surface area contributed by atoms with E-state index in [1.54, 1.807) is 12.1 Å². The number of hydrazone groups is 1. The van der Waals surface area contributed by atoms with Gasteiger partial charge in [-0.15, -0.1) is 0 Å². The van der Waals surface area contributed by atoms with Gasteiger partial charge in [0.25, 0.3) is 5.91 Å². The van der Waals surface area contributed by atoms with Crippen LogP contribution in [-0.2, 0) is 4.79 Å². The van der Waals surface area contributed by atoms with Crippen molar-refractivity contribution in [2.45, 2.75) is 0 Å². The van der Waals surface area contributed by atoms with Crippen LogP contribution in [0.1, 0.15) is 5.56 Å². The largest absolute Gasteiger partial charge is 0.504 e. The second kappa shape index (κ2) is 5.36. The molecule has 1 aliphatic heterocycles. The summed E-state index contributed by atoms with van der Waals surface area (Å²) in [5, 5.41) is 14.7. The molecule has 1 fully saturated rings. The molecular weight excluding hydrogens is 272 g/mol. The van der Waals surface area contributed by atoms with Crippen molar-refractivity contribution < 1.29 is 14.6 Å². The molecule has 1 aromatic carbocycles. The summed E-state index contributed by atoms with van der Waals surface area (Å²) >= 11 is 6.28. The van der Waals surface area contributed by atoms with Crippen LogP contribution in [0.4, 0.5) is 0 Å². The van der Waals surface area contributed by atoms with Gasteiger partial charge in [-0.05, 0) is 23.8 Å². The lowest BCUT2D eigenvalue weighted by molar-refractivity contribution is -0.123. The van der Waals surface area contributed by atoms with Crippen LogP contribution in [0.25, 0.3) is 0 Å². The van der Waals surface area contributed by atoms with Crippen LogP contribution in [0.5, 0.6) is 11.5 Å². The number of hydrogen-bond donors (Lipinski definition) is 1. The molecule has 5 nitrogen and oxygen atoms in total. The summed E-state index contributed by atoms with van der Waals surface area (Å²) in [7, 11) is 1.46. The van der Waals surface area contributed by atoms with Gasteiger partial charge in [0.1, 0.15) is 0 Å². The first-order valence-corrected chi connectivity index (χ1v) is 6.42. The Kier molecular flexibility index (Phi) is 3.83. The Labute approximate surface area is 113 Å². The molecule has 0 saturated carbocycles. The summed E-state index contributed by atoms with van der Waals surface area (Å²) in [6.07, 6.45) is 1.50. The lowest BCUT2D eigenvalue weighted by Gasteiger charge is -2.07. The number of thioether (sulfide) groups is 1. The average molecular weight is 282 g/mol. The molecule has 1 aliphatic rings. The molecule has 0 atom stereocenters.